The molecule has 0 saturated heterocycles. The number of benzene rings is 1. The van der Waals surface area contributed by atoms with Crippen LogP contribution in [0.4, 0.5) is 18.9 Å². The van der Waals surface area contributed by atoms with Gasteiger partial charge in [-0.05, 0) is 18.2 Å². The third-order valence-electron chi connectivity index (χ3n) is 2.06. The van der Waals surface area contributed by atoms with Crippen LogP contribution in [-0.4, -0.2) is 31.2 Å². The van der Waals surface area contributed by atoms with Crippen LogP contribution in [0.3, 0.4) is 0 Å². The highest BCUT2D eigenvalue weighted by atomic mass is 35.5. The Bertz CT molecular complexity index is 520. The second-order valence-electron chi connectivity index (χ2n) is 3.70. The summed E-state index contributed by atoms with van der Waals surface area (Å²) in [7, 11) is 0. The van der Waals surface area contributed by atoms with E-state index in [0.717, 1.165) is 0 Å². The highest BCUT2D eigenvalue weighted by molar-refractivity contribution is 6.31. The first kappa shape index (κ1) is 16.1. The van der Waals surface area contributed by atoms with E-state index >= 15 is 0 Å². The summed E-state index contributed by atoms with van der Waals surface area (Å²) in [5, 5.41) is 1.79. The normalized spacial score (nSPS) is 11.0. The van der Waals surface area contributed by atoms with Crippen LogP contribution in [0, 0.1) is 0 Å². The van der Waals surface area contributed by atoms with Crippen molar-refractivity contribution in [3.63, 3.8) is 0 Å². The van der Waals surface area contributed by atoms with E-state index in [-0.39, 0.29) is 16.3 Å². The third-order valence-corrected chi connectivity index (χ3v) is 2.29. The standard InChI is InChI=1S/C11H10ClF3N2O3/c12-6-1-2-8(16)7(3-6)10(19)20-4-9(18)17-5-11(13,14)15/h1-3H,4-5,16H2,(H,17,18). The number of alkyl halides is 3. The molecule has 0 bridgehead atoms. The van der Waals surface area contributed by atoms with E-state index in [4.69, 9.17) is 17.3 Å². The van der Waals surface area contributed by atoms with E-state index in [1.807, 2.05) is 0 Å². The second-order valence-corrected chi connectivity index (χ2v) is 4.14. The van der Waals surface area contributed by atoms with Gasteiger partial charge in [0.25, 0.3) is 5.91 Å². The Labute approximate surface area is 116 Å². The number of nitrogen functional groups attached to an aromatic ring is 1. The van der Waals surface area contributed by atoms with Gasteiger partial charge in [-0.25, -0.2) is 4.79 Å². The number of hydrogen-bond acceptors (Lipinski definition) is 4. The fraction of sp³-hybridized carbons (Fsp3) is 0.273. The van der Waals surface area contributed by atoms with Crippen molar-refractivity contribution < 1.29 is 27.5 Å². The second kappa shape index (κ2) is 6.47. The van der Waals surface area contributed by atoms with Crippen molar-refractivity contribution in [2.45, 2.75) is 6.18 Å². The van der Waals surface area contributed by atoms with Gasteiger partial charge in [-0.2, -0.15) is 13.2 Å². The first-order valence-corrected chi connectivity index (χ1v) is 5.62. The van der Waals surface area contributed by atoms with Gasteiger partial charge >= 0.3 is 12.1 Å². The zero-order chi connectivity index (χ0) is 15.3. The monoisotopic (exact) mass is 310 g/mol. The summed E-state index contributed by atoms with van der Waals surface area (Å²) in [6.07, 6.45) is -4.53. The first-order valence-electron chi connectivity index (χ1n) is 5.24. The van der Waals surface area contributed by atoms with Crippen molar-refractivity contribution in [3.8, 4) is 0 Å². The molecule has 0 fully saturated rings. The summed E-state index contributed by atoms with van der Waals surface area (Å²) in [5.41, 5.74) is 5.51. The molecule has 1 rings (SSSR count). The number of ether oxygens (including phenoxy) is 1. The van der Waals surface area contributed by atoms with Gasteiger partial charge in [0.1, 0.15) is 6.54 Å². The number of esters is 1. The number of rotatable bonds is 4. The van der Waals surface area contributed by atoms with Gasteiger partial charge in [0, 0.05) is 10.7 Å². The van der Waals surface area contributed by atoms with Crippen molar-refractivity contribution in [1.29, 1.82) is 0 Å². The van der Waals surface area contributed by atoms with Gasteiger partial charge < -0.3 is 15.8 Å². The Morgan fingerprint density at radius 2 is 2.00 bits per heavy atom. The Kier molecular flexibility index (Phi) is 5.20. The molecular formula is C11H10ClF3N2O3. The van der Waals surface area contributed by atoms with Crippen molar-refractivity contribution >= 4 is 29.2 Å². The van der Waals surface area contributed by atoms with E-state index in [1.54, 1.807) is 5.32 Å². The fourth-order valence-corrected chi connectivity index (χ4v) is 1.34. The van der Waals surface area contributed by atoms with Gasteiger partial charge in [0.15, 0.2) is 6.61 Å². The quantitative estimate of drug-likeness (QED) is 0.656. The Morgan fingerprint density at radius 1 is 1.35 bits per heavy atom. The van der Waals surface area contributed by atoms with Crippen LogP contribution in [0.5, 0.6) is 0 Å². The average molecular weight is 311 g/mol. The van der Waals surface area contributed by atoms with E-state index in [2.05, 4.69) is 4.74 Å². The highest BCUT2D eigenvalue weighted by Gasteiger charge is 2.27. The number of carbonyl (C=O) groups excluding carboxylic acids is 2. The number of carbonyl (C=O) groups is 2. The van der Waals surface area contributed by atoms with Crippen LogP contribution in [0.1, 0.15) is 10.4 Å². The molecule has 0 saturated carbocycles. The van der Waals surface area contributed by atoms with Crippen LogP contribution < -0.4 is 11.1 Å². The lowest BCUT2D eigenvalue weighted by molar-refractivity contribution is -0.140. The van der Waals surface area contributed by atoms with Crippen molar-refractivity contribution in [3.05, 3.63) is 28.8 Å². The van der Waals surface area contributed by atoms with Gasteiger partial charge in [-0.3, -0.25) is 4.79 Å². The van der Waals surface area contributed by atoms with Crippen LogP contribution in [-0.2, 0) is 9.53 Å². The lowest BCUT2D eigenvalue weighted by Gasteiger charge is -2.09. The fourth-order valence-electron chi connectivity index (χ4n) is 1.16. The van der Waals surface area contributed by atoms with Crippen LogP contribution >= 0.6 is 11.6 Å². The number of halogens is 4. The minimum absolute atomic E-state index is 0.0684. The first-order chi connectivity index (χ1) is 9.19. The predicted molar refractivity (Wildman–Crippen MR) is 65.2 cm³/mol. The maximum absolute atomic E-state index is 11.8. The molecule has 20 heavy (non-hydrogen) atoms. The van der Waals surface area contributed by atoms with Crippen LogP contribution in [0.15, 0.2) is 18.2 Å². The molecule has 9 heteroatoms. The highest BCUT2D eigenvalue weighted by Crippen LogP contribution is 2.18. The van der Waals surface area contributed by atoms with Crippen LogP contribution in [0.2, 0.25) is 5.02 Å². The summed E-state index contributed by atoms with van der Waals surface area (Å²) in [6, 6.07) is 4.04. The van der Waals surface area contributed by atoms with Gasteiger partial charge in [0.05, 0.1) is 5.56 Å². The van der Waals surface area contributed by atoms with Crippen LogP contribution in [0.25, 0.3) is 0 Å². The van der Waals surface area contributed by atoms with E-state index in [1.165, 1.54) is 18.2 Å². The summed E-state index contributed by atoms with van der Waals surface area (Å²) in [5.74, 6) is -2.02. The van der Waals surface area contributed by atoms with E-state index in [9.17, 15) is 22.8 Å². The number of nitrogens with one attached hydrogen (secondary N) is 1. The Balaban J connectivity index is 2.51. The summed E-state index contributed by atoms with van der Waals surface area (Å²) in [6.45, 7) is -2.34. The molecule has 0 atom stereocenters. The molecule has 0 aliphatic rings. The van der Waals surface area contributed by atoms with Crippen molar-refractivity contribution in [2.24, 2.45) is 0 Å². The molecule has 0 aromatic heterocycles. The molecule has 1 amide bonds. The van der Waals surface area contributed by atoms with Gasteiger partial charge in [-0.15, -0.1) is 0 Å². The topological polar surface area (TPSA) is 81.4 Å². The zero-order valence-corrected chi connectivity index (χ0v) is 10.7. The predicted octanol–water partition coefficient (Wildman–Crippen LogP) is 1.76. The molecule has 1 aromatic rings. The minimum atomic E-state index is -4.53. The van der Waals surface area contributed by atoms with Gasteiger partial charge in [0.2, 0.25) is 0 Å². The summed E-state index contributed by atoms with van der Waals surface area (Å²) in [4.78, 5) is 22.6. The van der Waals surface area contributed by atoms with Crippen molar-refractivity contribution in [2.75, 3.05) is 18.9 Å². The molecule has 1 aromatic carbocycles. The lowest BCUT2D eigenvalue weighted by Crippen LogP contribution is -2.36. The molecular weight excluding hydrogens is 301 g/mol. The SMILES string of the molecule is Nc1ccc(Cl)cc1C(=O)OCC(=O)NCC(F)(F)F. The number of hydrogen-bond donors (Lipinski definition) is 2. The summed E-state index contributed by atoms with van der Waals surface area (Å²) < 4.78 is 40.0. The molecule has 3 N–H and O–H groups in total. The maximum Gasteiger partial charge on any atom is 0.405 e. The summed E-state index contributed by atoms with van der Waals surface area (Å²) >= 11 is 5.66. The molecule has 0 heterocycles. The maximum atomic E-state index is 11.8. The molecule has 0 spiro atoms. The average Bonchev–Trinajstić information content (AvgIpc) is 2.35. The lowest BCUT2D eigenvalue weighted by atomic mass is 10.2. The van der Waals surface area contributed by atoms with E-state index in [0.29, 0.717) is 0 Å². The molecule has 110 valence electrons. The molecule has 0 aliphatic carbocycles. The molecule has 0 radical (unpaired) electrons. The molecule has 0 unspecified atom stereocenters. The Morgan fingerprint density at radius 3 is 2.60 bits per heavy atom. The minimum Gasteiger partial charge on any atom is -0.452 e. The number of anilines is 1. The molecule has 0 aliphatic heterocycles. The molecule has 5 nitrogen and oxygen atoms in total. The van der Waals surface area contributed by atoms with Gasteiger partial charge in [-0.1, -0.05) is 11.6 Å². The number of nitrogens with two attached hydrogens (primary N) is 1. The zero-order valence-electron chi connectivity index (χ0n) is 9.96. The Hall–Kier alpha value is -1.96. The largest absolute Gasteiger partial charge is 0.452 e. The smallest absolute Gasteiger partial charge is 0.405 e. The third kappa shape index (κ3) is 5.35. The number of amides is 1. The van der Waals surface area contributed by atoms with Crippen molar-refractivity contribution in [1.82, 2.24) is 5.32 Å². The van der Waals surface area contributed by atoms with E-state index < -0.39 is 31.2 Å².